The first-order chi connectivity index (χ1) is 11.7. The lowest BCUT2D eigenvalue weighted by Gasteiger charge is -2.31. The Balaban J connectivity index is 1.52. The molecule has 2 aliphatic rings. The number of carbonyl (C=O) groups excluding carboxylic acids is 1. The molecular formula is C17H22N4O2S. The fourth-order valence-electron chi connectivity index (χ4n) is 3.15. The van der Waals surface area contributed by atoms with E-state index in [4.69, 9.17) is 4.74 Å². The first-order valence-electron chi connectivity index (χ1n) is 8.56. The number of aryl methyl sites for hydroxylation is 1. The number of aromatic nitrogens is 3. The number of fused-ring (bicyclic) bond motifs is 1. The predicted molar refractivity (Wildman–Crippen MR) is 91.0 cm³/mol. The second kappa shape index (κ2) is 6.64. The lowest BCUT2D eigenvalue weighted by Crippen LogP contribution is -2.39. The summed E-state index contributed by atoms with van der Waals surface area (Å²) in [7, 11) is 0. The molecule has 1 atom stereocenters. The van der Waals surface area contributed by atoms with Crippen molar-refractivity contribution in [1.29, 1.82) is 0 Å². The van der Waals surface area contributed by atoms with Crippen LogP contribution in [-0.2, 0) is 17.8 Å². The van der Waals surface area contributed by atoms with Crippen LogP contribution >= 0.6 is 11.3 Å². The predicted octanol–water partition coefficient (Wildman–Crippen LogP) is 2.53. The van der Waals surface area contributed by atoms with Crippen molar-refractivity contribution in [3.8, 4) is 0 Å². The number of thiazole rings is 1. The van der Waals surface area contributed by atoms with Crippen molar-refractivity contribution in [3.63, 3.8) is 0 Å². The van der Waals surface area contributed by atoms with Crippen molar-refractivity contribution in [2.45, 2.75) is 38.8 Å². The van der Waals surface area contributed by atoms with Crippen LogP contribution < -0.4 is 0 Å². The van der Waals surface area contributed by atoms with Gasteiger partial charge in [-0.15, -0.1) is 11.3 Å². The second-order valence-electron chi connectivity index (χ2n) is 6.62. The zero-order valence-electron chi connectivity index (χ0n) is 13.9. The fraction of sp³-hybridized carbons (Fsp3) is 0.588. The van der Waals surface area contributed by atoms with Gasteiger partial charge in [-0.3, -0.25) is 9.48 Å². The van der Waals surface area contributed by atoms with Gasteiger partial charge in [-0.05, 0) is 25.7 Å². The molecule has 2 aromatic rings. The summed E-state index contributed by atoms with van der Waals surface area (Å²) >= 11 is 1.45. The minimum atomic E-state index is -0.0138. The summed E-state index contributed by atoms with van der Waals surface area (Å²) in [5.74, 6) is 0.926. The number of carbonyl (C=O) groups is 1. The molecule has 1 aliphatic heterocycles. The highest BCUT2D eigenvalue weighted by Crippen LogP contribution is 2.31. The van der Waals surface area contributed by atoms with Crippen molar-refractivity contribution in [2.75, 3.05) is 19.8 Å². The highest BCUT2D eigenvalue weighted by Gasteiger charge is 2.32. The monoisotopic (exact) mass is 346 g/mol. The maximum Gasteiger partial charge on any atom is 0.273 e. The van der Waals surface area contributed by atoms with Gasteiger partial charge in [-0.25, -0.2) is 4.98 Å². The molecule has 1 aliphatic carbocycles. The first kappa shape index (κ1) is 15.8. The highest BCUT2D eigenvalue weighted by atomic mass is 32.1. The Bertz CT molecular complexity index is 708. The van der Waals surface area contributed by atoms with E-state index in [1.165, 1.54) is 29.7 Å². The smallest absolute Gasteiger partial charge is 0.273 e. The normalized spacial score (nSPS) is 20.2. The van der Waals surface area contributed by atoms with Gasteiger partial charge in [0.1, 0.15) is 5.69 Å². The van der Waals surface area contributed by atoms with Crippen LogP contribution in [0.1, 0.15) is 47.4 Å². The third kappa shape index (κ3) is 3.23. The molecule has 24 heavy (non-hydrogen) atoms. The Hall–Kier alpha value is -1.73. The Labute approximate surface area is 145 Å². The summed E-state index contributed by atoms with van der Waals surface area (Å²) in [6, 6.07) is 0. The lowest BCUT2D eigenvalue weighted by molar-refractivity contribution is 0.0622. The third-order valence-electron chi connectivity index (χ3n) is 4.72. The van der Waals surface area contributed by atoms with E-state index >= 15 is 0 Å². The molecule has 3 heterocycles. The van der Waals surface area contributed by atoms with Crippen LogP contribution in [0.25, 0.3) is 0 Å². The zero-order valence-corrected chi connectivity index (χ0v) is 14.7. The Kier molecular flexibility index (Phi) is 4.37. The van der Waals surface area contributed by atoms with E-state index in [-0.39, 0.29) is 11.8 Å². The van der Waals surface area contributed by atoms with Gasteiger partial charge < -0.3 is 9.64 Å². The molecule has 0 spiro atoms. The van der Waals surface area contributed by atoms with Crippen molar-refractivity contribution in [2.24, 2.45) is 5.92 Å². The number of amides is 1. The molecule has 128 valence electrons. The molecule has 0 aromatic carbocycles. The van der Waals surface area contributed by atoms with Gasteiger partial charge in [0.05, 0.1) is 24.4 Å². The van der Waals surface area contributed by atoms with Gasteiger partial charge >= 0.3 is 0 Å². The number of ether oxygens (including phenoxy) is 1. The average molecular weight is 346 g/mol. The van der Waals surface area contributed by atoms with Gasteiger partial charge in [0.2, 0.25) is 0 Å². The molecule has 6 nitrogen and oxygen atoms in total. The van der Waals surface area contributed by atoms with Gasteiger partial charge in [-0.1, -0.05) is 0 Å². The Morgan fingerprint density at radius 1 is 1.42 bits per heavy atom. The lowest BCUT2D eigenvalue weighted by atomic mass is 9.95. The largest absolute Gasteiger partial charge is 0.380 e. The maximum atomic E-state index is 12.7. The SMILES string of the molecule is CCn1cc2c(n1)CN(C(=O)c1cscn1)C[C@@H]2COCC1CC1. The molecular weight excluding hydrogens is 324 g/mol. The van der Waals surface area contributed by atoms with Gasteiger partial charge in [0, 0.05) is 42.8 Å². The molecule has 0 N–H and O–H groups in total. The number of nitrogens with zero attached hydrogens (tertiary/aromatic N) is 4. The van der Waals surface area contributed by atoms with Crippen molar-refractivity contribution in [3.05, 3.63) is 34.0 Å². The molecule has 1 fully saturated rings. The van der Waals surface area contributed by atoms with E-state index in [2.05, 4.69) is 23.2 Å². The van der Waals surface area contributed by atoms with Crippen LogP contribution in [0.5, 0.6) is 0 Å². The van der Waals surface area contributed by atoms with Crippen LogP contribution in [0.2, 0.25) is 0 Å². The number of rotatable bonds is 6. The standard InChI is InChI=1S/C17H22N4O2S/c1-2-21-6-14-13(9-23-8-12-3-4-12)5-20(7-15(14)19-21)17(22)16-10-24-11-18-16/h6,10-13H,2-5,7-9H2,1H3/t13-/m1/s1. The fourth-order valence-corrected chi connectivity index (χ4v) is 3.68. The Morgan fingerprint density at radius 2 is 2.29 bits per heavy atom. The third-order valence-corrected chi connectivity index (χ3v) is 5.31. The molecule has 2 aromatic heterocycles. The van der Waals surface area contributed by atoms with E-state index in [1.54, 1.807) is 10.9 Å². The van der Waals surface area contributed by atoms with Crippen LogP contribution in [0.15, 0.2) is 17.1 Å². The van der Waals surface area contributed by atoms with Crippen LogP contribution in [0.4, 0.5) is 0 Å². The summed E-state index contributed by atoms with van der Waals surface area (Å²) in [6.45, 7) is 5.63. The van der Waals surface area contributed by atoms with Crippen LogP contribution in [-0.4, -0.2) is 45.3 Å². The molecule has 7 heteroatoms. The van der Waals surface area contributed by atoms with Crippen molar-refractivity contribution in [1.82, 2.24) is 19.7 Å². The first-order valence-corrected chi connectivity index (χ1v) is 9.50. The van der Waals surface area contributed by atoms with Crippen molar-refractivity contribution < 1.29 is 9.53 Å². The summed E-state index contributed by atoms with van der Waals surface area (Å²) in [4.78, 5) is 18.7. The summed E-state index contributed by atoms with van der Waals surface area (Å²) in [5.41, 5.74) is 4.45. The van der Waals surface area contributed by atoms with E-state index in [1.807, 2.05) is 9.58 Å². The van der Waals surface area contributed by atoms with Gasteiger partial charge in [0.25, 0.3) is 5.91 Å². The van der Waals surface area contributed by atoms with E-state index in [9.17, 15) is 4.79 Å². The van der Waals surface area contributed by atoms with Crippen LogP contribution in [0.3, 0.4) is 0 Å². The minimum Gasteiger partial charge on any atom is -0.380 e. The van der Waals surface area contributed by atoms with E-state index < -0.39 is 0 Å². The molecule has 4 rings (SSSR count). The van der Waals surface area contributed by atoms with Crippen LogP contribution in [0, 0.1) is 5.92 Å². The highest BCUT2D eigenvalue weighted by molar-refractivity contribution is 7.07. The minimum absolute atomic E-state index is 0.0138. The van der Waals surface area contributed by atoms with Gasteiger partial charge in [-0.2, -0.15) is 5.10 Å². The molecule has 0 saturated heterocycles. The average Bonchev–Trinajstić information content (AvgIpc) is 3.11. The molecule has 0 unspecified atom stereocenters. The van der Waals surface area contributed by atoms with Gasteiger partial charge in [0.15, 0.2) is 0 Å². The van der Waals surface area contributed by atoms with E-state index in [0.717, 1.165) is 24.8 Å². The molecule has 1 saturated carbocycles. The van der Waals surface area contributed by atoms with Crippen molar-refractivity contribution >= 4 is 17.2 Å². The molecule has 0 radical (unpaired) electrons. The Morgan fingerprint density at radius 3 is 3.00 bits per heavy atom. The molecule has 1 amide bonds. The topological polar surface area (TPSA) is 60.2 Å². The summed E-state index contributed by atoms with van der Waals surface area (Å²) < 4.78 is 7.88. The summed E-state index contributed by atoms with van der Waals surface area (Å²) in [6.07, 6.45) is 4.70. The maximum absolute atomic E-state index is 12.7. The number of hydrogen-bond acceptors (Lipinski definition) is 5. The molecule has 0 bridgehead atoms. The quantitative estimate of drug-likeness (QED) is 0.806. The number of hydrogen-bond donors (Lipinski definition) is 0. The second-order valence-corrected chi connectivity index (χ2v) is 7.34. The summed E-state index contributed by atoms with van der Waals surface area (Å²) in [5, 5.41) is 6.45. The van der Waals surface area contributed by atoms with E-state index in [0.29, 0.717) is 25.4 Å². The zero-order chi connectivity index (χ0) is 16.5.